The zero-order chi connectivity index (χ0) is 24.7. The Morgan fingerprint density at radius 3 is 2.06 bits per heavy atom. The third-order valence-electron chi connectivity index (χ3n) is 5.07. The van der Waals surface area contributed by atoms with Gasteiger partial charge >= 0.3 is 12.4 Å². The molecule has 0 aliphatic heterocycles. The van der Waals surface area contributed by atoms with Gasteiger partial charge in [-0.1, -0.05) is 25.4 Å². The van der Waals surface area contributed by atoms with Crippen LogP contribution in [-0.4, -0.2) is 24.0 Å². The molecule has 178 valence electrons. The predicted octanol–water partition coefficient (Wildman–Crippen LogP) is 6.85. The van der Waals surface area contributed by atoms with E-state index in [2.05, 4.69) is 0 Å². The maximum absolute atomic E-state index is 14.4. The quantitative estimate of drug-likeness (QED) is 0.449. The second kappa shape index (κ2) is 8.70. The lowest BCUT2D eigenvalue weighted by Crippen LogP contribution is -2.51. The monoisotopic (exact) mass is 490 g/mol. The summed E-state index contributed by atoms with van der Waals surface area (Å²) >= 11 is 5.46. The summed E-state index contributed by atoms with van der Waals surface area (Å²) in [6, 6.07) is 3.55. The first-order chi connectivity index (χ1) is 14.4. The number of rotatable bonds is 6. The highest BCUT2D eigenvalue weighted by Crippen LogP contribution is 2.46. The van der Waals surface area contributed by atoms with Crippen LogP contribution in [0.2, 0.25) is 5.02 Å². The van der Waals surface area contributed by atoms with Crippen molar-refractivity contribution in [1.82, 2.24) is 0 Å². The first-order valence-electron chi connectivity index (χ1n) is 9.09. The Morgan fingerprint density at radius 2 is 1.56 bits per heavy atom. The van der Waals surface area contributed by atoms with Crippen molar-refractivity contribution in [2.75, 3.05) is 7.11 Å². The van der Waals surface area contributed by atoms with Gasteiger partial charge in [-0.15, -0.1) is 0 Å². The maximum atomic E-state index is 14.4. The Hall–Kier alpha value is -2.07. The van der Waals surface area contributed by atoms with Gasteiger partial charge in [0.2, 0.25) is 0 Å². The van der Waals surface area contributed by atoms with E-state index < -0.39 is 64.0 Å². The van der Waals surface area contributed by atoms with Crippen molar-refractivity contribution >= 4 is 11.6 Å². The van der Waals surface area contributed by atoms with Gasteiger partial charge in [0.25, 0.3) is 0 Å². The highest BCUT2D eigenvalue weighted by atomic mass is 35.5. The molecule has 11 heteroatoms. The molecule has 0 spiro atoms. The molecule has 0 fully saturated rings. The molecule has 0 aliphatic rings. The normalized spacial score (nSPS) is 14.9. The first-order valence-corrected chi connectivity index (χ1v) is 9.47. The van der Waals surface area contributed by atoms with E-state index in [1.165, 1.54) is 27.0 Å². The lowest BCUT2D eigenvalue weighted by Gasteiger charge is -2.38. The molecular formula is C21H19ClF8O2. The third kappa shape index (κ3) is 5.46. The predicted molar refractivity (Wildman–Crippen MR) is 102 cm³/mol. The number of hydrogen-bond acceptors (Lipinski definition) is 2. The molecule has 1 unspecified atom stereocenters. The van der Waals surface area contributed by atoms with Crippen LogP contribution in [0.3, 0.4) is 0 Å². The summed E-state index contributed by atoms with van der Waals surface area (Å²) in [7, 11) is 1.21. The number of aliphatic hydroxyl groups is 1. The van der Waals surface area contributed by atoms with Crippen molar-refractivity contribution in [3.8, 4) is 5.75 Å². The molecule has 0 bridgehead atoms. The number of ether oxygens (including phenoxy) is 1. The summed E-state index contributed by atoms with van der Waals surface area (Å²) in [6.45, 7) is 2.52. The fraction of sp³-hybridized carbons (Fsp3) is 0.429. The minimum atomic E-state index is -5.38. The molecule has 2 aromatic carbocycles. The topological polar surface area (TPSA) is 29.5 Å². The summed E-state index contributed by atoms with van der Waals surface area (Å²) in [4.78, 5) is 0. The van der Waals surface area contributed by atoms with Gasteiger partial charge in [-0.3, -0.25) is 0 Å². The zero-order valence-corrected chi connectivity index (χ0v) is 17.8. The zero-order valence-electron chi connectivity index (χ0n) is 17.1. The van der Waals surface area contributed by atoms with E-state index in [1.54, 1.807) is 0 Å². The second-order valence-corrected chi connectivity index (χ2v) is 8.45. The molecule has 0 aliphatic carbocycles. The average molecular weight is 491 g/mol. The number of alkyl halides is 6. The number of halogens is 9. The molecule has 0 amide bonds. The van der Waals surface area contributed by atoms with Crippen molar-refractivity contribution in [2.24, 2.45) is 0 Å². The molecule has 1 N–H and O–H groups in total. The second-order valence-electron chi connectivity index (χ2n) is 8.04. The van der Waals surface area contributed by atoms with E-state index in [1.807, 2.05) is 0 Å². The van der Waals surface area contributed by atoms with Gasteiger partial charge in [0.15, 0.2) is 5.60 Å². The van der Waals surface area contributed by atoms with E-state index in [9.17, 15) is 40.2 Å². The van der Waals surface area contributed by atoms with Crippen LogP contribution < -0.4 is 4.74 Å². The van der Waals surface area contributed by atoms with Crippen LogP contribution >= 0.6 is 11.6 Å². The van der Waals surface area contributed by atoms with E-state index >= 15 is 0 Å². The van der Waals surface area contributed by atoms with Crippen molar-refractivity contribution in [3.63, 3.8) is 0 Å². The van der Waals surface area contributed by atoms with E-state index in [-0.39, 0.29) is 23.4 Å². The number of hydrogen-bond donors (Lipinski definition) is 1. The molecule has 2 aromatic rings. The summed E-state index contributed by atoms with van der Waals surface area (Å²) in [5.74, 6) is -2.25. The van der Waals surface area contributed by atoms with Crippen molar-refractivity contribution < 1.29 is 45.0 Å². The summed E-state index contributed by atoms with van der Waals surface area (Å²) < 4.78 is 114. The molecule has 0 saturated carbocycles. The van der Waals surface area contributed by atoms with Crippen LogP contribution in [0, 0.1) is 11.6 Å². The smallest absolute Gasteiger partial charge is 0.417 e. The van der Waals surface area contributed by atoms with Crippen LogP contribution in [0.1, 0.15) is 37.0 Å². The Balaban J connectivity index is 2.58. The third-order valence-corrected chi connectivity index (χ3v) is 5.34. The fourth-order valence-electron chi connectivity index (χ4n) is 3.55. The molecule has 2 nitrogen and oxygen atoms in total. The van der Waals surface area contributed by atoms with E-state index in [0.29, 0.717) is 0 Å². The van der Waals surface area contributed by atoms with E-state index in [4.69, 9.17) is 16.3 Å². The molecule has 0 heterocycles. The standard InChI is InChI=1S/C21H19ClF8O2/c1-18(2,14-8-13(23)4-5-16(14)32-3)10-19(31,21(28,29)30)9-11-6-12(20(25,26)27)7-15(22)17(11)24/h4-8,31H,9-10H2,1-3H3. The highest BCUT2D eigenvalue weighted by Gasteiger charge is 2.56. The number of benzene rings is 2. The van der Waals surface area contributed by atoms with Gasteiger partial charge in [-0.25, -0.2) is 8.78 Å². The molecular weight excluding hydrogens is 472 g/mol. The summed E-state index contributed by atoms with van der Waals surface area (Å²) in [6.07, 6.45) is -13.1. The van der Waals surface area contributed by atoms with Gasteiger partial charge in [-0.2, -0.15) is 26.3 Å². The van der Waals surface area contributed by atoms with Crippen LogP contribution in [-0.2, 0) is 18.0 Å². The largest absolute Gasteiger partial charge is 0.496 e. The Morgan fingerprint density at radius 1 is 0.969 bits per heavy atom. The highest BCUT2D eigenvalue weighted by molar-refractivity contribution is 6.30. The van der Waals surface area contributed by atoms with Gasteiger partial charge < -0.3 is 9.84 Å². The van der Waals surface area contributed by atoms with Gasteiger partial charge in [0, 0.05) is 12.0 Å². The molecule has 1 atom stereocenters. The maximum Gasteiger partial charge on any atom is 0.417 e. The van der Waals surface area contributed by atoms with Gasteiger partial charge in [-0.05, 0) is 47.7 Å². The SMILES string of the molecule is COc1ccc(F)cc1C(C)(C)CC(O)(Cc1cc(C(F)(F)F)cc(Cl)c1F)C(F)(F)F. The molecule has 0 aromatic heterocycles. The van der Waals surface area contributed by atoms with Crippen LogP contribution in [0.4, 0.5) is 35.1 Å². The van der Waals surface area contributed by atoms with E-state index in [0.717, 1.165) is 12.1 Å². The molecule has 0 radical (unpaired) electrons. The number of methoxy groups -OCH3 is 1. The fourth-order valence-corrected chi connectivity index (χ4v) is 3.79. The Kier molecular flexibility index (Phi) is 7.12. The van der Waals surface area contributed by atoms with Gasteiger partial charge in [0.05, 0.1) is 17.7 Å². The van der Waals surface area contributed by atoms with Crippen LogP contribution in [0.25, 0.3) is 0 Å². The van der Waals surface area contributed by atoms with Crippen LogP contribution in [0.15, 0.2) is 30.3 Å². The average Bonchev–Trinajstić information content (AvgIpc) is 2.63. The van der Waals surface area contributed by atoms with Crippen molar-refractivity contribution in [2.45, 2.75) is 50.1 Å². The summed E-state index contributed by atoms with van der Waals surface area (Å²) in [5, 5.41) is 9.55. The lowest BCUT2D eigenvalue weighted by atomic mass is 9.72. The Labute approximate surface area is 183 Å². The van der Waals surface area contributed by atoms with Gasteiger partial charge in [0.1, 0.15) is 17.4 Å². The van der Waals surface area contributed by atoms with Crippen molar-refractivity contribution in [1.29, 1.82) is 0 Å². The Bertz CT molecular complexity index is 985. The minimum absolute atomic E-state index is 0.0229. The minimum Gasteiger partial charge on any atom is -0.496 e. The van der Waals surface area contributed by atoms with Crippen LogP contribution in [0.5, 0.6) is 5.75 Å². The lowest BCUT2D eigenvalue weighted by molar-refractivity contribution is -0.266. The first kappa shape index (κ1) is 26.2. The van der Waals surface area contributed by atoms with Crippen molar-refractivity contribution in [3.05, 3.63) is 63.7 Å². The summed E-state index contributed by atoms with van der Waals surface area (Å²) in [5.41, 5.74) is -7.83. The molecule has 0 saturated heterocycles. The molecule has 32 heavy (non-hydrogen) atoms. The molecule has 2 rings (SSSR count).